The highest BCUT2D eigenvalue weighted by molar-refractivity contribution is 5.97. The largest absolute Gasteiger partial charge is 0.490 e. The van der Waals surface area contributed by atoms with Gasteiger partial charge in [-0.2, -0.15) is 0 Å². The minimum absolute atomic E-state index is 0.0786. The van der Waals surface area contributed by atoms with Crippen LogP contribution in [0.15, 0.2) is 24.3 Å². The van der Waals surface area contributed by atoms with Crippen molar-refractivity contribution in [2.75, 3.05) is 19.8 Å². The lowest BCUT2D eigenvalue weighted by Crippen LogP contribution is -2.46. The zero-order chi connectivity index (χ0) is 15.9. The highest BCUT2D eigenvalue weighted by atomic mass is 16.5. The summed E-state index contributed by atoms with van der Waals surface area (Å²) in [5.41, 5.74) is 0.456. The fourth-order valence-corrected chi connectivity index (χ4v) is 2.34. The van der Waals surface area contributed by atoms with E-state index >= 15 is 0 Å². The van der Waals surface area contributed by atoms with E-state index in [2.05, 4.69) is 5.32 Å². The maximum Gasteiger partial charge on any atom is 0.306 e. The van der Waals surface area contributed by atoms with E-state index in [0.29, 0.717) is 44.0 Å². The first-order chi connectivity index (χ1) is 10.6. The highest BCUT2D eigenvalue weighted by Crippen LogP contribution is 2.28. The molecule has 0 atom stereocenters. The molecule has 2 N–H and O–H groups in total. The van der Waals surface area contributed by atoms with Crippen LogP contribution >= 0.6 is 0 Å². The number of rotatable bonds is 8. The molecule has 1 aromatic carbocycles. The van der Waals surface area contributed by atoms with E-state index in [4.69, 9.17) is 14.6 Å². The molecule has 0 bridgehead atoms. The van der Waals surface area contributed by atoms with Crippen LogP contribution in [0, 0.1) is 5.92 Å². The molecule has 1 saturated carbocycles. The monoisotopic (exact) mass is 307 g/mol. The first kappa shape index (κ1) is 16.3. The van der Waals surface area contributed by atoms with Crippen molar-refractivity contribution in [1.82, 2.24) is 5.32 Å². The Kier molecular flexibility index (Phi) is 5.77. The quantitative estimate of drug-likeness (QED) is 0.714. The molecule has 0 aliphatic heterocycles. The van der Waals surface area contributed by atoms with Crippen LogP contribution in [0.2, 0.25) is 0 Å². The molecule has 0 saturated heterocycles. The summed E-state index contributed by atoms with van der Waals surface area (Å²) in [5, 5.41) is 11.7. The molecule has 120 valence electrons. The van der Waals surface area contributed by atoms with Gasteiger partial charge in [0.05, 0.1) is 18.1 Å². The van der Waals surface area contributed by atoms with Crippen molar-refractivity contribution in [3.05, 3.63) is 29.8 Å². The second kappa shape index (κ2) is 7.79. The zero-order valence-electron chi connectivity index (χ0n) is 12.6. The van der Waals surface area contributed by atoms with E-state index < -0.39 is 5.97 Å². The second-order valence-corrected chi connectivity index (χ2v) is 5.22. The molecule has 6 heteroatoms. The summed E-state index contributed by atoms with van der Waals surface area (Å²) in [7, 11) is 0. The molecule has 1 aliphatic carbocycles. The van der Waals surface area contributed by atoms with Gasteiger partial charge < -0.3 is 19.9 Å². The number of benzene rings is 1. The summed E-state index contributed by atoms with van der Waals surface area (Å²) in [6.07, 6.45) is 0.961. The van der Waals surface area contributed by atoms with Gasteiger partial charge in [0.15, 0.2) is 0 Å². The maximum atomic E-state index is 12.3. The maximum absolute atomic E-state index is 12.3. The van der Waals surface area contributed by atoms with Crippen LogP contribution < -0.4 is 10.1 Å². The molecule has 1 aromatic rings. The average molecular weight is 307 g/mol. The van der Waals surface area contributed by atoms with Gasteiger partial charge in [0.1, 0.15) is 12.4 Å². The van der Waals surface area contributed by atoms with Gasteiger partial charge >= 0.3 is 5.97 Å². The molecule has 22 heavy (non-hydrogen) atoms. The highest BCUT2D eigenvalue weighted by Gasteiger charge is 2.35. The van der Waals surface area contributed by atoms with Crippen molar-refractivity contribution >= 4 is 11.9 Å². The van der Waals surface area contributed by atoms with E-state index in [1.54, 1.807) is 24.3 Å². The number of ether oxygens (including phenoxy) is 2. The number of nitrogens with one attached hydrogen (secondary N) is 1. The molecular formula is C16H21NO5. The van der Waals surface area contributed by atoms with Crippen molar-refractivity contribution in [2.45, 2.75) is 25.8 Å². The summed E-state index contributed by atoms with van der Waals surface area (Å²) in [4.78, 5) is 23.0. The number of amides is 1. The molecule has 0 aromatic heterocycles. The first-order valence-electron chi connectivity index (χ1n) is 7.45. The van der Waals surface area contributed by atoms with Crippen LogP contribution in [0.5, 0.6) is 5.75 Å². The van der Waals surface area contributed by atoms with Gasteiger partial charge in [0.25, 0.3) is 5.91 Å². The molecule has 0 radical (unpaired) electrons. The third-order valence-corrected chi connectivity index (χ3v) is 3.64. The van der Waals surface area contributed by atoms with Gasteiger partial charge in [-0.1, -0.05) is 12.1 Å². The average Bonchev–Trinajstić information content (AvgIpc) is 2.46. The molecule has 1 fully saturated rings. The Bertz CT molecular complexity index is 525. The molecule has 0 heterocycles. The standard InChI is InChI=1S/C16H21NO5/c1-2-21-7-8-22-14-6-4-3-5-13(14)15(18)17-12-9-11(10-12)16(19)20/h3-6,11-12H,2,7-10H2,1H3,(H,17,18)(H,19,20). The van der Waals surface area contributed by atoms with Crippen LogP contribution in [0.3, 0.4) is 0 Å². The van der Waals surface area contributed by atoms with Gasteiger partial charge in [-0.25, -0.2) is 0 Å². The topological polar surface area (TPSA) is 84.9 Å². The Morgan fingerprint density at radius 3 is 2.68 bits per heavy atom. The van der Waals surface area contributed by atoms with Crippen LogP contribution in [-0.2, 0) is 9.53 Å². The van der Waals surface area contributed by atoms with Crippen molar-refractivity contribution in [3.63, 3.8) is 0 Å². The van der Waals surface area contributed by atoms with E-state index in [1.165, 1.54) is 0 Å². The van der Waals surface area contributed by atoms with Crippen LogP contribution in [0.1, 0.15) is 30.1 Å². The van der Waals surface area contributed by atoms with Crippen LogP contribution in [0.4, 0.5) is 0 Å². The molecular weight excluding hydrogens is 286 g/mol. The molecule has 1 aliphatic rings. The number of carboxylic acids is 1. The number of hydrogen-bond donors (Lipinski definition) is 2. The number of carbonyl (C=O) groups is 2. The third kappa shape index (κ3) is 4.21. The van der Waals surface area contributed by atoms with E-state index in [1.807, 2.05) is 6.92 Å². The predicted molar refractivity (Wildman–Crippen MR) is 80.0 cm³/mol. The lowest BCUT2D eigenvalue weighted by Gasteiger charge is -2.32. The molecule has 0 spiro atoms. The second-order valence-electron chi connectivity index (χ2n) is 5.22. The summed E-state index contributed by atoms with van der Waals surface area (Å²) in [6, 6.07) is 6.92. The Morgan fingerprint density at radius 2 is 2.00 bits per heavy atom. The SMILES string of the molecule is CCOCCOc1ccccc1C(=O)NC1CC(C(=O)O)C1. The van der Waals surface area contributed by atoms with Crippen molar-refractivity contribution in [1.29, 1.82) is 0 Å². The Morgan fingerprint density at radius 1 is 1.27 bits per heavy atom. The van der Waals surface area contributed by atoms with Gasteiger partial charge in [0, 0.05) is 12.6 Å². The number of carboxylic acid groups (broad SMARTS) is 1. The fraction of sp³-hybridized carbons (Fsp3) is 0.500. The third-order valence-electron chi connectivity index (χ3n) is 3.64. The molecule has 0 unspecified atom stereocenters. The molecule has 6 nitrogen and oxygen atoms in total. The molecule has 1 amide bonds. The minimum atomic E-state index is -0.801. The normalized spacial score (nSPS) is 20.0. The van der Waals surface area contributed by atoms with Crippen molar-refractivity contribution in [3.8, 4) is 5.75 Å². The summed E-state index contributed by atoms with van der Waals surface area (Å²) >= 11 is 0. The number of carbonyl (C=O) groups excluding carboxylic acids is 1. The fourth-order valence-electron chi connectivity index (χ4n) is 2.34. The van der Waals surface area contributed by atoms with E-state index in [-0.39, 0.29) is 17.9 Å². The summed E-state index contributed by atoms with van der Waals surface area (Å²) in [6.45, 7) is 3.38. The van der Waals surface area contributed by atoms with Gasteiger partial charge in [-0.3, -0.25) is 9.59 Å². The lowest BCUT2D eigenvalue weighted by atomic mass is 9.80. The summed E-state index contributed by atoms with van der Waals surface area (Å²) < 4.78 is 10.8. The van der Waals surface area contributed by atoms with Crippen molar-refractivity contribution in [2.24, 2.45) is 5.92 Å². The van der Waals surface area contributed by atoms with Crippen molar-refractivity contribution < 1.29 is 24.2 Å². The number of hydrogen-bond acceptors (Lipinski definition) is 4. The van der Waals surface area contributed by atoms with Gasteiger partial charge in [-0.05, 0) is 31.9 Å². The predicted octanol–water partition coefficient (Wildman–Crippen LogP) is 1.69. The smallest absolute Gasteiger partial charge is 0.306 e. The number of para-hydroxylation sites is 1. The lowest BCUT2D eigenvalue weighted by molar-refractivity contribution is -0.145. The zero-order valence-corrected chi connectivity index (χ0v) is 12.6. The first-order valence-corrected chi connectivity index (χ1v) is 7.45. The number of aliphatic carboxylic acids is 1. The Labute approximate surface area is 129 Å². The van der Waals surface area contributed by atoms with E-state index in [0.717, 1.165) is 0 Å². The van der Waals surface area contributed by atoms with Crippen LogP contribution in [0.25, 0.3) is 0 Å². The Balaban J connectivity index is 1.88. The van der Waals surface area contributed by atoms with Gasteiger partial charge in [0.2, 0.25) is 0 Å². The molecule has 2 rings (SSSR count). The van der Waals surface area contributed by atoms with Gasteiger partial charge in [-0.15, -0.1) is 0 Å². The summed E-state index contributed by atoms with van der Waals surface area (Å²) in [5.74, 6) is -0.872. The van der Waals surface area contributed by atoms with E-state index in [9.17, 15) is 9.59 Å². The Hall–Kier alpha value is -2.08. The van der Waals surface area contributed by atoms with Crippen LogP contribution in [-0.4, -0.2) is 42.8 Å². The minimum Gasteiger partial charge on any atom is -0.490 e.